The number of hydrogen-bond acceptors (Lipinski definition) is 6. The zero-order valence-electron chi connectivity index (χ0n) is 11.5. The number of fused-ring (bicyclic) bond motifs is 2. The Morgan fingerprint density at radius 2 is 2.33 bits per heavy atom. The Morgan fingerprint density at radius 1 is 1.43 bits per heavy atom. The minimum absolute atomic E-state index is 0.00756. The molecule has 2 atom stereocenters. The van der Waals surface area contributed by atoms with Crippen LogP contribution in [0.5, 0.6) is 0 Å². The van der Waals surface area contributed by atoms with Gasteiger partial charge in [-0.15, -0.1) is 11.3 Å². The zero-order valence-corrected chi connectivity index (χ0v) is 13.1. The van der Waals surface area contributed by atoms with E-state index in [0.717, 1.165) is 15.8 Å². The molecule has 0 bridgehead atoms. The van der Waals surface area contributed by atoms with E-state index >= 15 is 0 Å². The van der Waals surface area contributed by atoms with Gasteiger partial charge in [0.25, 0.3) is 5.56 Å². The Balaban J connectivity index is 1.47. The van der Waals surface area contributed by atoms with Gasteiger partial charge in [-0.2, -0.15) is 0 Å². The molecule has 2 aromatic rings. The van der Waals surface area contributed by atoms with Crippen molar-refractivity contribution in [3.63, 3.8) is 0 Å². The zero-order chi connectivity index (χ0) is 14.2. The van der Waals surface area contributed by atoms with Crippen LogP contribution >= 0.6 is 23.1 Å². The van der Waals surface area contributed by atoms with Crippen LogP contribution in [0.15, 0.2) is 27.4 Å². The highest BCUT2D eigenvalue weighted by molar-refractivity contribution is 8.13. The fraction of sp³-hybridized carbons (Fsp3) is 0.500. The highest BCUT2D eigenvalue weighted by atomic mass is 32.2. The third-order valence-electron chi connectivity index (χ3n) is 4.03. The molecule has 1 N–H and O–H groups in total. The van der Waals surface area contributed by atoms with Crippen LogP contribution in [0.4, 0.5) is 0 Å². The molecule has 110 valence electrons. The summed E-state index contributed by atoms with van der Waals surface area (Å²) in [5.74, 6) is 0.689. The van der Waals surface area contributed by atoms with E-state index in [1.807, 2.05) is 5.38 Å². The highest BCUT2D eigenvalue weighted by Gasteiger charge is 2.30. The minimum atomic E-state index is -0.00756. The normalized spacial score (nSPS) is 24.7. The summed E-state index contributed by atoms with van der Waals surface area (Å²) >= 11 is 3.14. The van der Waals surface area contributed by atoms with E-state index in [1.54, 1.807) is 28.4 Å². The summed E-state index contributed by atoms with van der Waals surface area (Å²) in [4.78, 5) is 22.0. The fourth-order valence-electron chi connectivity index (χ4n) is 2.96. The molecule has 2 unspecified atom stereocenters. The van der Waals surface area contributed by atoms with Crippen LogP contribution in [0.3, 0.4) is 0 Å². The van der Waals surface area contributed by atoms with Crippen molar-refractivity contribution < 1.29 is 0 Å². The van der Waals surface area contributed by atoms with E-state index in [2.05, 4.69) is 10.3 Å². The Hall–Kier alpha value is -1.34. The van der Waals surface area contributed by atoms with E-state index < -0.39 is 0 Å². The number of hydrogen-bond donors (Lipinski definition) is 1. The summed E-state index contributed by atoms with van der Waals surface area (Å²) in [6.45, 7) is 0. The first-order valence-corrected chi connectivity index (χ1v) is 9.09. The molecule has 5 nitrogen and oxygen atoms in total. The van der Waals surface area contributed by atoms with E-state index in [4.69, 9.17) is 4.99 Å². The first kappa shape index (κ1) is 13.3. The van der Waals surface area contributed by atoms with Gasteiger partial charge in [0.05, 0.1) is 17.8 Å². The molecule has 0 saturated heterocycles. The summed E-state index contributed by atoms with van der Waals surface area (Å²) < 4.78 is 1.58. The molecule has 21 heavy (non-hydrogen) atoms. The second kappa shape index (κ2) is 5.46. The monoisotopic (exact) mass is 320 g/mol. The maximum Gasteiger partial charge on any atom is 0.258 e. The molecule has 7 heteroatoms. The van der Waals surface area contributed by atoms with Crippen molar-refractivity contribution in [2.24, 2.45) is 4.99 Å². The van der Waals surface area contributed by atoms with Crippen LogP contribution in [0.1, 0.15) is 31.4 Å². The van der Waals surface area contributed by atoms with Crippen LogP contribution in [-0.4, -0.2) is 26.6 Å². The van der Waals surface area contributed by atoms with Crippen LogP contribution in [0.2, 0.25) is 0 Å². The maximum atomic E-state index is 11.9. The molecule has 1 aliphatic heterocycles. The molecule has 1 saturated carbocycles. The van der Waals surface area contributed by atoms with Crippen LogP contribution in [-0.2, 0) is 5.75 Å². The molecule has 0 radical (unpaired) electrons. The first-order chi connectivity index (χ1) is 10.3. The van der Waals surface area contributed by atoms with E-state index in [1.165, 1.54) is 37.0 Å². The number of aliphatic imine (C=N–C) groups is 1. The van der Waals surface area contributed by atoms with Crippen molar-refractivity contribution in [3.05, 3.63) is 33.7 Å². The van der Waals surface area contributed by atoms with Gasteiger partial charge in [0.1, 0.15) is 0 Å². The number of aromatic nitrogens is 2. The lowest BCUT2D eigenvalue weighted by molar-refractivity contribution is 0.385. The van der Waals surface area contributed by atoms with E-state index in [-0.39, 0.29) is 5.56 Å². The summed E-state index contributed by atoms with van der Waals surface area (Å²) in [6.07, 6.45) is 6.77. The van der Waals surface area contributed by atoms with Crippen molar-refractivity contribution in [2.75, 3.05) is 0 Å². The molecule has 2 aromatic heterocycles. The van der Waals surface area contributed by atoms with Crippen molar-refractivity contribution in [2.45, 2.75) is 43.5 Å². The molecule has 2 aliphatic rings. The average molecular weight is 320 g/mol. The van der Waals surface area contributed by atoms with Gasteiger partial charge in [-0.3, -0.25) is 14.2 Å². The van der Waals surface area contributed by atoms with Crippen molar-refractivity contribution in [1.82, 2.24) is 14.7 Å². The van der Waals surface area contributed by atoms with Crippen molar-refractivity contribution in [3.8, 4) is 0 Å². The standard InChI is InChI=1S/C14H16N4OS2/c19-12-7-9(15-14-18(12)5-6-20-14)8-21-13-16-10-3-1-2-4-11(10)17-13/h5-7,10-11H,1-4,8H2,(H,16,17). The fourth-order valence-corrected chi connectivity index (χ4v) is 4.58. The van der Waals surface area contributed by atoms with E-state index in [9.17, 15) is 4.79 Å². The smallest absolute Gasteiger partial charge is 0.258 e. The summed E-state index contributed by atoms with van der Waals surface area (Å²) in [6, 6.07) is 2.61. The molecule has 0 amide bonds. The molecule has 0 aromatic carbocycles. The number of nitrogens with one attached hydrogen (secondary N) is 1. The van der Waals surface area contributed by atoms with Gasteiger partial charge in [-0.1, -0.05) is 24.6 Å². The van der Waals surface area contributed by atoms with Gasteiger partial charge < -0.3 is 5.32 Å². The lowest BCUT2D eigenvalue weighted by Crippen LogP contribution is -2.36. The van der Waals surface area contributed by atoms with E-state index in [0.29, 0.717) is 17.8 Å². The van der Waals surface area contributed by atoms with Crippen molar-refractivity contribution in [1.29, 1.82) is 0 Å². The number of nitrogens with zero attached hydrogens (tertiary/aromatic N) is 3. The number of thiazole rings is 1. The predicted molar refractivity (Wildman–Crippen MR) is 87.2 cm³/mol. The minimum Gasteiger partial charge on any atom is -0.360 e. The van der Waals surface area contributed by atoms with Gasteiger partial charge in [-0.05, 0) is 12.8 Å². The summed E-state index contributed by atoms with van der Waals surface area (Å²) in [7, 11) is 0. The predicted octanol–water partition coefficient (Wildman–Crippen LogP) is 2.26. The molecular formula is C14H16N4OS2. The molecule has 1 aliphatic carbocycles. The molecule has 3 heterocycles. The molecular weight excluding hydrogens is 304 g/mol. The Labute approximate surface area is 130 Å². The second-order valence-corrected chi connectivity index (χ2v) is 7.30. The van der Waals surface area contributed by atoms with Gasteiger partial charge in [0.15, 0.2) is 10.1 Å². The van der Waals surface area contributed by atoms with Gasteiger partial charge in [0.2, 0.25) is 0 Å². The van der Waals surface area contributed by atoms with Crippen LogP contribution < -0.4 is 10.9 Å². The van der Waals surface area contributed by atoms with Gasteiger partial charge in [0, 0.05) is 23.4 Å². The Kier molecular flexibility index (Phi) is 3.46. The van der Waals surface area contributed by atoms with Gasteiger partial charge in [-0.25, -0.2) is 4.98 Å². The second-order valence-electron chi connectivity index (χ2n) is 5.47. The molecule has 1 fully saturated rings. The van der Waals surface area contributed by atoms with Crippen LogP contribution in [0.25, 0.3) is 4.96 Å². The Morgan fingerprint density at radius 3 is 3.24 bits per heavy atom. The third kappa shape index (κ3) is 2.60. The summed E-state index contributed by atoms with van der Waals surface area (Å²) in [5.41, 5.74) is 0.818. The lowest BCUT2D eigenvalue weighted by Gasteiger charge is -2.23. The summed E-state index contributed by atoms with van der Waals surface area (Å²) in [5, 5.41) is 6.41. The molecule has 4 rings (SSSR count). The van der Waals surface area contributed by atoms with Crippen LogP contribution in [0, 0.1) is 0 Å². The highest BCUT2D eigenvalue weighted by Crippen LogP contribution is 2.27. The average Bonchev–Trinajstić information content (AvgIpc) is 3.11. The maximum absolute atomic E-state index is 11.9. The first-order valence-electron chi connectivity index (χ1n) is 7.22. The number of amidine groups is 1. The molecule has 0 spiro atoms. The third-order valence-corrected chi connectivity index (χ3v) is 5.73. The SMILES string of the molecule is O=c1cc(CSC2=NC3CCCCC3N2)nc2sccn12. The Bertz CT molecular complexity index is 751. The lowest BCUT2D eigenvalue weighted by atomic mass is 9.92. The van der Waals surface area contributed by atoms with Gasteiger partial charge >= 0.3 is 0 Å². The number of rotatable bonds is 2. The van der Waals surface area contributed by atoms with Crippen molar-refractivity contribution >= 4 is 33.2 Å². The quantitative estimate of drug-likeness (QED) is 0.922. The number of thioether (sulfide) groups is 1. The largest absolute Gasteiger partial charge is 0.360 e. The topological polar surface area (TPSA) is 58.8 Å².